The number of ether oxygens (including phenoxy) is 1. The molecule has 15 heavy (non-hydrogen) atoms. The zero-order valence-electron chi connectivity index (χ0n) is 7.75. The molecule has 78 valence electrons. The van der Waals surface area contributed by atoms with E-state index in [9.17, 15) is 0 Å². The fraction of sp³-hybridized carbons (Fsp3) is 0.143. The van der Waals surface area contributed by atoms with Crippen molar-refractivity contribution in [3.05, 3.63) is 17.5 Å². The van der Waals surface area contributed by atoms with Crippen molar-refractivity contribution in [2.75, 3.05) is 5.73 Å². The van der Waals surface area contributed by atoms with Gasteiger partial charge in [-0.15, -0.1) is 5.10 Å². The number of nitrogens with two attached hydrogens (primary N) is 1. The summed E-state index contributed by atoms with van der Waals surface area (Å²) in [7, 11) is 1.72. The number of anilines is 1. The van der Waals surface area contributed by atoms with Crippen molar-refractivity contribution in [3.63, 3.8) is 0 Å². The number of hydrogen-bond donors (Lipinski definition) is 1. The SMILES string of the molecule is Cn1cnc(Oc2cc(Cl)nc(N)n2)n1. The number of rotatable bonds is 2. The first-order valence-electron chi connectivity index (χ1n) is 3.97. The number of hydrogen-bond acceptors (Lipinski definition) is 6. The van der Waals surface area contributed by atoms with Crippen molar-refractivity contribution in [1.82, 2.24) is 24.7 Å². The predicted octanol–water partition coefficient (Wildman–Crippen LogP) is 0.633. The Balaban J connectivity index is 2.24. The second-order valence-corrected chi connectivity index (χ2v) is 3.08. The van der Waals surface area contributed by atoms with E-state index < -0.39 is 0 Å². The van der Waals surface area contributed by atoms with Crippen LogP contribution in [0.3, 0.4) is 0 Å². The van der Waals surface area contributed by atoms with E-state index in [0.29, 0.717) is 0 Å². The molecule has 2 N–H and O–H groups in total. The van der Waals surface area contributed by atoms with Gasteiger partial charge in [-0.25, -0.2) is 4.98 Å². The molecule has 0 aromatic carbocycles. The van der Waals surface area contributed by atoms with Crippen LogP contribution in [0.25, 0.3) is 0 Å². The molecule has 0 spiro atoms. The van der Waals surface area contributed by atoms with E-state index >= 15 is 0 Å². The summed E-state index contributed by atoms with van der Waals surface area (Å²) in [5, 5.41) is 4.11. The van der Waals surface area contributed by atoms with E-state index in [0.717, 1.165) is 0 Å². The Labute approximate surface area is 89.9 Å². The van der Waals surface area contributed by atoms with Crippen molar-refractivity contribution in [2.24, 2.45) is 7.05 Å². The molecule has 2 aromatic heterocycles. The van der Waals surface area contributed by atoms with E-state index in [1.807, 2.05) is 0 Å². The van der Waals surface area contributed by atoms with Crippen molar-refractivity contribution in [3.8, 4) is 11.9 Å². The summed E-state index contributed by atoms with van der Waals surface area (Å²) < 4.78 is 6.70. The molecule has 7 nitrogen and oxygen atoms in total. The molecule has 2 heterocycles. The van der Waals surface area contributed by atoms with E-state index in [2.05, 4.69) is 20.1 Å². The Morgan fingerprint density at radius 1 is 1.47 bits per heavy atom. The third-order valence-corrected chi connectivity index (χ3v) is 1.66. The summed E-state index contributed by atoms with van der Waals surface area (Å²) in [6, 6.07) is 1.60. The fourth-order valence-corrected chi connectivity index (χ4v) is 1.11. The zero-order chi connectivity index (χ0) is 10.8. The Morgan fingerprint density at radius 3 is 2.87 bits per heavy atom. The molecule has 0 unspecified atom stereocenters. The molecule has 0 atom stereocenters. The molecule has 2 rings (SSSR count). The van der Waals surface area contributed by atoms with Gasteiger partial charge in [-0.3, -0.25) is 4.68 Å². The molecule has 0 saturated carbocycles. The zero-order valence-corrected chi connectivity index (χ0v) is 8.51. The van der Waals surface area contributed by atoms with Crippen molar-refractivity contribution in [2.45, 2.75) is 0 Å². The average molecular weight is 227 g/mol. The lowest BCUT2D eigenvalue weighted by Gasteiger charge is -2.00. The highest BCUT2D eigenvalue weighted by Crippen LogP contribution is 2.18. The topological polar surface area (TPSA) is 91.7 Å². The van der Waals surface area contributed by atoms with Crippen LogP contribution in [0.5, 0.6) is 11.9 Å². The number of nitrogen functional groups attached to an aromatic ring is 1. The number of aromatic nitrogens is 5. The van der Waals surface area contributed by atoms with Gasteiger partial charge in [0.2, 0.25) is 11.8 Å². The lowest BCUT2D eigenvalue weighted by atomic mass is 10.6. The summed E-state index contributed by atoms with van der Waals surface area (Å²) in [6.45, 7) is 0. The second-order valence-electron chi connectivity index (χ2n) is 2.69. The largest absolute Gasteiger partial charge is 0.404 e. The van der Waals surface area contributed by atoms with Crippen LogP contribution in [0.2, 0.25) is 5.15 Å². The van der Waals surface area contributed by atoms with Crippen molar-refractivity contribution < 1.29 is 4.74 Å². The Morgan fingerprint density at radius 2 is 2.27 bits per heavy atom. The maximum absolute atomic E-state index is 5.66. The third-order valence-electron chi connectivity index (χ3n) is 1.46. The molecule has 0 saturated heterocycles. The van der Waals surface area contributed by atoms with Crippen LogP contribution in [0.15, 0.2) is 12.4 Å². The standard InChI is InChI=1S/C7H7ClN6O/c1-14-3-10-7(13-14)15-5-2-4(8)11-6(9)12-5/h2-3H,1H3,(H2,9,11,12). The normalized spacial score (nSPS) is 10.3. The maximum atomic E-state index is 5.66. The van der Waals surface area contributed by atoms with Gasteiger partial charge in [-0.1, -0.05) is 11.6 Å². The molecule has 0 aliphatic heterocycles. The van der Waals surface area contributed by atoms with Gasteiger partial charge in [0.1, 0.15) is 11.5 Å². The van der Waals surface area contributed by atoms with Gasteiger partial charge in [-0.05, 0) is 0 Å². The van der Waals surface area contributed by atoms with E-state index in [-0.39, 0.29) is 23.0 Å². The van der Waals surface area contributed by atoms with Gasteiger partial charge in [0, 0.05) is 13.1 Å². The monoisotopic (exact) mass is 226 g/mol. The van der Waals surface area contributed by atoms with Crippen LogP contribution in [0, 0.1) is 0 Å². The molecule has 0 fully saturated rings. The number of nitrogens with zero attached hydrogens (tertiary/aromatic N) is 5. The highest BCUT2D eigenvalue weighted by atomic mass is 35.5. The number of halogens is 1. The molecule has 0 bridgehead atoms. The molecular weight excluding hydrogens is 220 g/mol. The highest BCUT2D eigenvalue weighted by molar-refractivity contribution is 6.29. The van der Waals surface area contributed by atoms with Crippen LogP contribution >= 0.6 is 11.6 Å². The quantitative estimate of drug-likeness (QED) is 0.756. The van der Waals surface area contributed by atoms with Gasteiger partial charge in [0.15, 0.2) is 0 Å². The predicted molar refractivity (Wildman–Crippen MR) is 52.5 cm³/mol. The van der Waals surface area contributed by atoms with E-state index in [1.54, 1.807) is 7.05 Å². The lowest BCUT2D eigenvalue weighted by molar-refractivity contribution is 0.422. The average Bonchev–Trinajstić information content (AvgIpc) is 2.49. The Kier molecular flexibility index (Phi) is 2.38. The van der Waals surface area contributed by atoms with Gasteiger partial charge in [0.05, 0.1) is 0 Å². The molecule has 0 amide bonds. The van der Waals surface area contributed by atoms with Gasteiger partial charge in [-0.2, -0.15) is 9.97 Å². The third kappa shape index (κ3) is 2.32. The minimum Gasteiger partial charge on any atom is -0.404 e. The Hall–Kier alpha value is -1.89. The first-order valence-corrected chi connectivity index (χ1v) is 4.35. The van der Waals surface area contributed by atoms with Crippen LogP contribution in [-0.4, -0.2) is 24.7 Å². The molecule has 8 heteroatoms. The number of aryl methyl sites for hydroxylation is 1. The molecular formula is C7H7ClN6O. The fourth-order valence-electron chi connectivity index (χ4n) is 0.926. The minimum absolute atomic E-state index is 0.0356. The first-order chi connectivity index (χ1) is 7.13. The summed E-state index contributed by atoms with van der Waals surface area (Å²) in [5.74, 6) is 0.243. The van der Waals surface area contributed by atoms with Gasteiger partial charge < -0.3 is 10.5 Å². The van der Waals surface area contributed by atoms with Crippen LogP contribution in [0.4, 0.5) is 5.95 Å². The lowest BCUT2D eigenvalue weighted by Crippen LogP contribution is -1.98. The van der Waals surface area contributed by atoms with Crippen molar-refractivity contribution in [1.29, 1.82) is 0 Å². The second kappa shape index (κ2) is 3.70. The van der Waals surface area contributed by atoms with E-state index in [1.165, 1.54) is 17.1 Å². The van der Waals surface area contributed by atoms with Crippen LogP contribution < -0.4 is 10.5 Å². The van der Waals surface area contributed by atoms with Crippen LogP contribution in [-0.2, 0) is 7.05 Å². The highest BCUT2D eigenvalue weighted by Gasteiger charge is 2.05. The molecule has 0 aliphatic rings. The summed E-state index contributed by atoms with van der Waals surface area (Å²) in [5.41, 5.74) is 5.39. The smallest absolute Gasteiger partial charge is 0.342 e. The Bertz CT molecular complexity index is 464. The summed E-state index contributed by atoms with van der Waals surface area (Å²) >= 11 is 5.66. The molecule has 2 aromatic rings. The maximum Gasteiger partial charge on any atom is 0.342 e. The molecule has 0 radical (unpaired) electrons. The van der Waals surface area contributed by atoms with Crippen LogP contribution in [0.1, 0.15) is 0 Å². The van der Waals surface area contributed by atoms with Gasteiger partial charge in [0.25, 0.3) is 0 Å². The summed E-state index contributed by atoms with van der Waals surface area (Å²) in [4.78, 5) is 11.4. The van der Waals surface area contributed by atoms with E-state index in [4.69, 9.17) is 22.1 Å². The summed E-state index contributed by atoms with van der Waals surface area (Å²) in [6.07, 6.45) is 1.50. The molecule has 0 aliphatic carbocycles. The van der Waals surface area contributed by atoms with Crippen molar-refractivity contribution >= 4 is 17.5 Å². The van der Waals surface area contributed by atoms with Gasteiger partial charge >= 0.3 is 6.01 Å². The minimum atomic E-state index is 0.0356. The first kappa shape index (κ1) is 9.66.